The van der Waals surface area contributed by atoms with Gasteiger partial charge >= 0.3 is 6.18 Å². The smallest absolute Gasteiger partial charge is 0.373 e. The van der Waals surface area contributed by atoms with Crippen molar-refractivity contribution in [3.05, 3.63) is 51.3 Å². The predicted octanol–water partition coefficient (Wildman–Crippen LogP) is 4.01. The van der Waals surface area contributed by atoms with Crippen LogP contribution in [0.2, 0.25) is 0 Å². The molecule has 0 aromatic carbocycles. The molecule has 2 aromatic rings. The Morgan fingerprint density at radius 2 is 1.75 bits per heavy atom. The fraction of sp³-hybridized carbons (Fsp3) is 0.607. The first kappa shape index (κ1) is 26.9. The summed E-state index contributed by atoms with van der Waals surface area (Å²) in [6, 6.07) is 3.24. The molecule has 1 N–H and O–H groups in total. The number of anilines is 1. The minimum absolute atomic E-state index is 0.00508. The second kappa shape index (κ2) is 9.39. The molecule has 40 heavy (non-hydrogen) atoms. The average Bonchev–Trinajstić information content (AvgIpc) is 3.38. The number of carbonyl (C=O) groups excluding carboxylic acids is 2. The van der Waals surface area contributed by atoms with Gasteiger partial charge in [0.05, 0.1) is 22.9 Å². The topological polar surface area (TPSA) is 106 Å². The number of amides is 1. The first-order chi connectivity index (χ1) is 18.9. The van der Waals surface area contributed by atoms with Gasteiger partial charge in [0.25, 0.3) is 5.56 Å². The largest absolute Gasteiger partial charge is 0.394 e. The van der Waals surface area contributed by atoms with Gasteiger partial charge in [0.2, 0.25) is 5.91 Å². The maximum Gasteiger partial charge on any atom is 0.394 e. The molecule has 0 radical (unpaired) electrons. The van der Waals surface area contributed by atoms with Gasteiger partial charge in [-0.3, -0.25) is 14.4 Å². The zero-order valence-electron chi connectivity index (χ0n) is 22.5. The van der Waals surface area contributed by atoms with Crippen LogP contribution < -0.4 is 15.9 Å². The molecule has 2 saturated heterocycles. The number of pyridine rings is 1. The van der Waals surface area contributed by atoms with Crippen LogP contribution in [-0.2, 0) is 9.53 Å². The van der Waals surface area contributed by atoms with Crippen LogP contribution in [0.5, 0.6) is 0 Å². The van der Waals surface area contributed by atoms with Crippen molar-refractivity contribution in [2.24, 2.45) is 16.7 Å². The fourth-order valence-electron chi connectivity index (χ4n) is 6.73. The number of aryl methyl sites for hydroxylation is 2. The number of hydrogen-bond donors (Lipinski definition) is 1. The van der Waals surface area contributed by atoms with Gasteiger partial charge in [-0.1, -0.05) is 0 Å². The molecule has 9 nitrogen and oxygen atoms in total. The van der Waals surface area contributed by atoms with Crippen molar-refractivity contribution in [3.63, 3.8) is 0 Å². The van der Waals surface area contributed by atoms with Gasteiger partial charge in [0, 0.05) is 43.3 Å². The molecule has 0 unspecified atom stereocenters. The van der Waals surface area contributed by atoms with Gasteiger partial charge in [-0.15, -0.1) is 0 Å². The van der Waals surface area contributed by atoms with E-state index < -0.39 is 34.8 Å². The Morgan fingerprint density at radius 1 is 1.07 bits per heavy atom. The van der Waals surface area contributed by atoms with Crippen molar-refractivity contribution < 1.29 is 27.5 Å². The Balaban J connectivity index is 1.18. The van der Waals surface area contributed by atoms with Crippen LogP contribution in [-0.4, -0.2) is 52.2 Å². The number of Topliss-reactive ketones (excluding diaryl/α,β-unsaturated/α-hetero) is 1. The van der Waals surface area contributed by atoms with Gasteiger partial charge in [-0.2, -0.15) is 13.2 Å². The van der Waals surface area contributed by atoms with Crippen LogP contribution in [0.1, 0.15) is 78.5 Å². The average molecular weight is 560 g/mol. The van der Waals surface area contributed by atoms with Crippen LogP contribution in [0.15, 0.2) is 23.1 Å². The molecule has 12 heteroatoms. The zero-order valence-corrected chi connectivity index (χ0v) is 22.5. The Labute approximate surface area is 229 Å². The van der Waals surface area contributed by atoms with Gasteiger partial charge < -0.3 is 15.1 Å². The minimum Gasteiger partial charge on any atom is -0.373 e. The summed E-state index contributed by atoms with van der Waals surface area (Å²) in [5.74, 6) is -1.30. The third-order valence-electron chi connectivity index (χ3n) is 9.21. The van der Waals surface area contributed by atoms with Crippen LogP contribution in [0.25, 0.3) is 0 Å². The molecular weight excluding hydrogens is 527 g/mol. The van der Waals surface area contributed by atoms with Crippen LogP contribution >= 0.6 is 0 Å². The van der Waals surface area contributed by atoms with Crippen LogP contribution in [0.3, 0.4) is 0 Å². The number of nitrogens with zero attached hydrogens (tertiary/aromatic N) is 4. The lowest BCUT2D eigenvalue weighted by Crippen LogP contribution is -2.71. The predicted molar refractivity (Wildman–Crippen MR) is 139 cm³/mol. The number of rotatable bonds is 6. The molecule has 0 spiro atoms. The van der Waals surface area contributed by atoms with E-state index in [1.165, 1.54) is 6.07 Å². The number of ether oxygens (including phenoxy) is 1. The van der Waals surface area contributed by atoms with E-state index in [0.717, 1.165) is 31.5 Å². The summed E-state index contributed by atoms with van der Waals surface area (Å²) in [4.78, 5) is 48.1. The van der Waals surface area contributed by atoms with E-state index in [2.05, 4.69) is 15.3 Å². The summed E-state index contributed by atoms with van der Waals surface area (Å²) in [7, 11) is 0. The van der Waals surface area contributed by atoms with Crippen molar-refractivity contribution in [1.82, 2.24) is 14.6 Å². The molecule has 7 rings (SSSR count). The van der Waals surface area contributed by atoms with E-state index in [-0.39, 0.29) is 42.2 Å². The second-order valence-electron chi connectivity index (χ2n) is 11.9. The van der Waals surface area contributed by atoms with E-state index in [1.54, 1.807) is 30.8 Å². The SMILES string of the molecule is Cc1nc(NC(=O)[C@H]2CCO[C@@H](c3ccc(=O)n(N4CCCC4)c3)C2)c(C(=O)C23CC(C(F)(F)F)(C2)C3)nc1C. The highest BCUT2D eigenvalue weighted by molar-refractivity contribution is 6.07. The summed E-state index contributed by atoms with van der Waals surface area (Å²) >= 11 is 0. The minimum atomic E-state index is -4.33. The van der Waals surface area contributed by atoms with Gasteiger partial charge in [0.15, 0.2) is 11.6 Å². The van der Waals surface area contributed by atoms with Crippen molar-refractivity contribution >= 4 is 17.5 Å². The molecule has 5 fully saturated rings. The van der Waals surface area contributed by atoms with Crippen LogP contribution in [0.4, 0.5) is 19.0 Å². The molecule has 5 aliphatic rings. The number of aromatic nitrogens is 3. The number of alkyl halides is 3. The van der Waals surface area contributed by atoms with Gasteiger partial charge in [-0.25, -0.2) is 14.6 Å². The molecule has 2 bridgehead atoms. The standard InChI is InChI=1S/C28H32F3N5O4/c1-16-17(2)33-24(22(32-16)23(38)26-13-27(14-26,15-26)28(29,30)31)34-25(39)18-7-10-40-20(11-18)19-5-6-21(37)36(12-19)35-8-3-4-9-35/h5-6,12,18,20H,3-4,7-11,13-15H2,1-2H3,(H,33,34,39)/t18-,20+,26?,27?/m0/s1. The lowest BCUT2D eigenvalue weighted by Gasteiger charge is -2.69. The number of ketones is 1. The van der Waals surface area contributed by atoms with E-state index >= 15 is 0 Å². The van der Waals surface area contributed by atoms with Crippen molar-refractivity contribution in [1.29, 1.82) is 0 Å². The van der Waals surface area contributed by atoms with Gasteiger partial charge in [0.1, 0.15) is 5.69 Å². The van der Waals surface area contributed by atoms with E-state index in [9.17, 15) is 27.6 Å². The molecule has 2 atom stereocenters. The molecule has 1 amide bonds. The number of hydrogen-bond acceptors (Lipinski definition) is 7. The fourth-order valence-corrected chi connectivity index (χ4v) is 6.73. The summed E-state index contributed by atoms with van der Waals surface area (Å²) in [5.41, 5.74) is -1.25. The maximum absolute atomic E-state index is 13.4. The number of halogens is 3. The maximum atomic E-state index is 13.4. The second-order valence-corrected chi connectivity index (χ2v) is 11.9. The number of carbonyl (C=O) groups is 2. The molecule has 3 saturated carbocycles. The van der Waals surface area contributed by atoms with Gasteiger partial charge in [-0.05, 0) is 70.4 Å². The monoisotopic (exact) mass is 559 g/mol. The summed E-state index contributed by atoms with van der Waals surface area (Å²) in [6.07, 6.45) is -0.821. The van der Waals surface area contributed by atoms with E-state index in [0.29, 0.717) is 30.8 Å². The van der Waals surface area contributed by atoms with Crippen molar-refractivity contribution in [2.75, 3.05) is 30.0 Å². The van der Waals surface area contributed by atoms with Crippen LogP contribution in [0, 0.1) is 30.6 Å². The summed E-state index contributed by atoms with van der Waals surface area (Å²) < 4.78 is 47.7. The molecule has 2 aromatic heterocycles. The Morgan fingerprint density at radius 3 is 2.42 bits per heavy atom. The first-order valence-electron chi connectivity index (χ1n) is 13.8. The highest BCUT2D eigenvalue weighted by Crippen LogP contribution is 2.79. The third kappa shape index (κ3) is 4.31. The lowest BCUT2D eigenvalue weighted by atomic mass is 9.33. The molecule has 4 heterocycles. The quantitative estimate of drug-likeness (QED) is 0.533. The molecule has 3 aliphatic carbocycles. The van der Waals surface area contributed by atoms with E-state index in [4.69, 9.17) is 4.74 Å². The highest BCUT2D eigenvalue weighted by Gasteiger charge is 2.81. The summed E-state index contributed by atoms with van der Waals surface area (Å²) in [6.45, 7) is 5.31. The molecular formula is C28H32F3N5O4. The lowest BCUT2D eigenvalue weighted by molar-refractivity contribution is -0.346. The highest BCUT2D eigenvalue weighted by atomic mass is 19.4. The van der Waals surface area contributed by atoms with Crippen molar-refractivity contribution in [2.45, 2.75) is 71.1 Å². The Bertz CT molecular complexity index is 1410. The normalized spacial score (nSPS) is 29.5. The number of nitrogens with one attached hydrogen (secondary N) is 1. The zero-order chi connectivity index (χ0) is 28.4. The third-order valence-corrected chi connectivity index (χ3v) is 9.21. The Kier molecular flexibility index (Phi) is 6.32. The Hall–Kier alpha value is -3.28. The first-order valence-corrected chi connectivity index (χ1v) is 13.8. The van der Waals surface area contributed by atoms with E-state index in [1.807, 2.05) is 5.01 Å². The van der Waals surface area contributed by atoms with Crippen molar-refractivity contribution in [3.8, 4) is 0 Å². The molecule has 2 aliphatic heterocycles. The summed E-state index contributed by atoms with van der Waals surface area (Å²) in [5, 5.41) is 4.77. The molecule has 214 valence electrons.